The minimum absolute atomic E-state index is 0.0118. The van der Waals surface area contributed by atoms with Gasteiger partial charge < -0.3 is 14.5 Å². The van der Waals surface area contributed by atoms with Crippen LogP contribution in [0.15, 0.2) is 36.8 Å². The Morgan fingerprint density at radius 2 is 1.95 bits per heavy atom. The van der Waals surface area contributed by atoms with Crippen LogP contribution in [-0.2, 0) is 30.8 Å². The first kappa shape index (κ1) is 30.4. The summed E-state index contributed by atoms with van der Waals surface area (Å²) in [6.07, 6.45) is 4.41. The van der Waals surface area contributed by atoms with E-state index in [0.717, 1.165) is 4.90 Å². The third kappa shape index (κ3) is 7.80. The summed E-state index contributed by atoms with van der Waals surface area (Å²) in [4.78, 5) is 57.7. The highest BCUT2D eigenvalue weighted by molar-refractivity contribution is 7.89. The minimum atomic E-state index is -3.89. The lowest BCUT2D eigenvalue weighted by Crippen LogP contribution is -2.52. The standard InChI is InChI=1S/C25H32ClN7O7S/c1-2-20-16-39-24(35)33(20)25(36)40-32(18-34)21(5-3-6-22-27-9-4-10-28-22)17-41(37,38)31-13-11-30(12-14-31)23-8-7-19(26)15-29-23/h4,7-10,15,18,20-21H,2-3,5-6,11-14,16-17H2,1H3/t20-,21-/m0/s1. The molecule has 4 rings (SSSR count). The molecule has 0 spiro atoms. The zero-order valence-electron chi connectivity index (χ0n) is 22.5. The van der Waals surface area contributed by atoms with Gasteiger partial charge in [0.15, 0.2) is 0 Å². The van der Waals surface area contributed by atoms with Crippen LogP contribution in [0.1, 0.15) is 32.0 Å². The molecule has 3 amide bonds. The molecule has 2 atom stereocenters. The van der Waals surface area contributed by atoms with Crippen LogP contribution in [0.4, 0.5) is 15.4 Å². The van der Waals surface area contributed by atoms with Crippen molar-refractivity contribution in [1.82, 2.24) is 29.2 Å². The highest BCUT2D eigenvalue weighted by atomic mass is 35.5. The summed E-state index contributed by atoms with van der Waals surface area (Å²) in [6, 6.07) is 3.60. The molecule has 0 bridgehead atoms. The maximum Gasteiger partial charge on any atom is 0.444 e. The number of piperazine rings is 1. The average molecular weight is 610 g/mol. The molecule has 0 radical (unpaired) electrons. The highest BCUT2D eigenvalue weighted by Gasteiger charge is 2.40. The number of pyridine rings is 1. The third-order valence-electron chi connectivity index (χ3n) is 6.90. The fourth-order valence-electron chi connectivity index (χ4n) is 4.64. The van der Waals surface area contributed by atoms with Gasteiger partial charge in [0.25, 0.3) is 0 Å². The molecule has 0 saturated carbocycles. The molecular weight excluding hydrogens is 578 g/mol. The lowest BCUT2D eigenvalue weighted by Gasteiger charge is -2.36. The number of hydrogen-bond acceptors (Lipinski definition) is 11. The number of ether oxygens (including phenoxy) is 1. The summed E-state index contributed by atoms with van der Waals surface area (Å²) in [7, 11) is -3.89. The molecule has 4 heterocycles. The molecule has 2 fully saturated rings. The number of carbonyl (C=O) groups is 3. The fraction of sp³-hybridized carbons (Fsp3) is 0.520. The van der Waals surface area contributed by atoms with Gasteiger partial charge in [-0.15, -0.1) is 0 Å². The monoisotopic (exact) mass is 609 g/mol. The fourth-order valence-corrected chi connectivity index (χ4v) is 6.48. The summed E-state index contributed by atoms with van der Waals surface area (Å²) >= 11 is 5.92. The van der Waals surface area contributed by atoms with E-state index in [0.29, 0.717) is 54.1 Å². The molecule has 2 aliphatic heterocycles. The van der Waals surface area contributed by atoms with Gasteiger partial charge in [0.2, 0.25) is 16.4 Å². The lowest BCUT2D eigenvalue weighted by atomic mass is 10.1. The molecule has 14 nitrogen and oxygen atoms in total. The number of nitrogens with zero attached hydrogens (tertiary/aromatic N) is 7. The van der Waals surface area contributed by atoms with E-state index in [9.17, 15) is 22.8 Å². The molecule has 16 heteroatoms. The van der Waals surface area contributed by atoms with Crippen LogP contribution in [-0.4, -0.2) is 107 Å². The van der Waals surface area contributed by atoms with Gasteiger partial charge in [-0.05, 0) is 37.5 Å². The van der Waals surface area contributed by atoms with E-state index in [1.54, 1.807) is 37.5 Å². The van der Waals surface area contributed by atoms with Crippen molar-refractivity contribution in [2.24, 2.45) is 0 Å². The Bertz CT molecular complexity index is 1300. The summed E-state index contributed by atoms with van der Waals surface area (Å²) < 4.78 is 33.3. The van der Waals surface area contributed by atoms with E-state index >= 15 is 0 Å². The van der Waals surface area contributed by atoms with Gasteiger partial charge in [-0.25, -0.2) is 37.9 Å². The predicted octanol–water partition coefficient (Wildman–Crippen LogP) is 2.11. The average Bonchev–Trinajstić information content (AvgIpc) is 3.36. The Morgan fingerprint density at radius 3 is 2.59 bits per heavy atom. The number of imide groups is 1. The van der Waals surface area contributed by atoms with Gasteiger partial charge in [-0.1, -0.05) is 18.5 Å². The largest absolute Gasteiger partial charge is 0.447 e. The molecule has 2 aromatic rings. The number of anilines is 1. The van der Waals surface area contributed by atoms with Crippen molar-refractivity contribution in [1.29, 1.82) is 0 Å². The second kappa shape index (κ2) is 13.9. The Morgan fingerprint density at radius 1 is 1.22 bits per heavy atom. The lowest BCUT2D eigenvalue weighted by molar-refractivity contribution is -0.162. The summed E-state index contributed by atoms with van der Waals surface area (Å²) in [6.45, 7) is 3.01. The molecule has 0 aliphatic carbocycles. The Hall–Kier alpha value is -3.56. The highest BCUT2D eigenvalue weighted by Crippen LogP contribution is 2.21. The smallest absolute Gasteiger partial charge is 0.444 e. The Kier molecular flexibility index (Phi) is 10.3. The number of aryl methyl sites for hydroxylation is 1. The summed E-state index contributed by atoms with van der Waals surface area (Å²) in [5, 5.41) is 1.19. The number of hydrogen-bond donors (Lipinski definition) is 0. The van der Waals surface area contributed by atoms with Crippen LogP contribution >= 0.6 is 11.6 Å². The maximum absolute atomic E-state index is 13.5. The number of amides is 3. The second-order valence-corrected chi connectivity index (χ2v) is 12.0. The molecule has 0 aromatic carbocycles. The maximum atomic E-state index is 13.5. The number of sulfonamides is 1. The Balaban J connectivity index is 1.45. The Labute approximate surface area is 243 Å². The molecular formula is C25H32ClN7O7S. The van der Waals surface area contributed by atoms with Crippen LogP contribution in [0.3, 0.4) is 0 Å². The zero-order chi connectivity index (χ0) is 29.4. The summed E-state index contributed by atoms with van der Waals surface area (Å²) in [5.74, 6) is 0.758. The van der Waals surface area contributed by atoms with Crippen molar-refractivity contribution in [2.75, 3.05) is 43.4 Å². The van der Waals surface area contributed by atoms with Crippen LogP contribution < -0.4 is 4.90 Å². The zero-order valence-corrected chi connectivity index (χ0v) is 24.1. The number of hydroxylamine groups is 2. The quantitative estimate of drug-likeness (QED) is 0.256. The first-order chi connectivity index (χ1) is 19.7. The van der Waals surface area contributed by atoms with Gasteiger partial charge in [0.1, 0.15) is 18.2 Å². The number of carbonyl (C=O) groups excluding carboxylic acids is 3. The second-order valence-electron chi connectivity index (χ2n) is 9.54. The molecule has 222 valence electrons. The van der Waals surface area contributed by atoms with Crippen molar-refractivity contribution >= 4 is 46.0 Å². The van der Waals surface area contributed by atoms with E-state index in [2.05, 4.69) is 15.0 Å². The van der Waals surface area contributed by atoms with Gasteiger partial charge >= 0.3 is 12.2 Å². The normalized spacial score (nSPS) is 18.6. The van der Waals surface area contributed by atoms with E-state index in [4.69, 9.17) is 21.2 Å². The van der Waals surface area contributed by atoms with Crippen LogP contribution in [0.25, 0.3) is 0 Å². The molecule has 41 heavy (non-hydrogen) atoms. The van der Waals surface area contributed by atoms with Gasteiger partial charge in [0, 0.05) is 51.2 Å². The van der Waals surface area contributed by atoms with Crippen molar-refractivity contribution in [3.05, 3.63) is 47.6 Å². The van der Waals surface area contributed by atoms with Crippen molar-refractivity contribution in [3.8, 4) is 0 Å². The number of rotatable bonds is 12. The summed E-state index contributed by atoms with van der Waals surface area (Å²) in [5.41, 5.74) is 0. The van der Waals surface area contributed by atoms with Gasteiger partial charge in [-0.2, -0.15) is 9.37 Å². The van der Waals surface area contributed by atoms with E-state index in [1.807, 2.05) is 4.90 Å². The van der Waals surface area contributed by atoms with Crippen molar-refractivity contribution < 1.29 is 32.4 Å². The first-order valence-electron chi connectivity index (χ1n) is 13.2. The first-order valence-corrected chi connectivity index (χ1v) is 15.2. The van der Waals surface area contributed by atoms with E-state index in [-0.39, 0.29) is 32.5 Å². The molecule has 2 saturated heterocycles. The van der Waals surface area contributed by atoms with E-state index in [1.165, 1.54) is 10.5 Å². The molecule has 0 unspecified atom stereocenters. The number of aromatic nitrogens is 3. The predicted molar refractivity (Wildman–Crippen MR) is 147 cm³/mol. The number of cyclic esters (lactones) is 1. The minimum Gasteiger partial charge on any atom is -0.447 e. The third-order valence-corrected chi connectivity index (χ3v) is 9.09. The number of halogens is 1. The van der Waals surface area contributed by atoms with Crippen molar-refractivity contribution in [2.45, 2.75) is 44.7 Å². The SMILES string of the molecule is CC[C@H]1COC(=O)N1C(=O)ON(C=O)[C@@H](CCCc1ncccn1)CS(=O)(=O)N1CCN(c2ccc(Cl)cn2)CC1. The van der Waals surface area contributed by atoms with Crippen LogP contribution in [0, 0.1) is 0 Å². The molecule has 2 aromatic heterocycles. The molecule has 2 aliphatic rings. The topological polar surface area (TPSA) is 155 Å². The molecule has 0 N–H and O–H groups in total. The van der Waals surface area contributed by atoms with Crippen molar-refractivity contribution in [3.63, 3.8) is 0 Å². The van der Waals surface area contributed by atoms with Crippen LogP contribution in [0.5, 0.6) is 0 Å². The van der Waals surface area contributed by atoms with Crippen LogP contribution in [0.2, 0.25) is 5.02 Å². The van der Waals surface area contributed by atoms with E-state index < -0.39 is 40.0 Å². The van der Waals surface area contributed by atoms with Gasteiger partial charge in [-0.3, -0.25) is 4.79 Å². The van der Waals surface area contributed by atoms with Gasteiger partial charge in [0.05, 0.1) is 22.9 Å².